The van der Waals surface area contributed by atoms with Gasteiger partial charge in [0.15, 0.2) is 0 Å². The van der Waals surface area contributed by atoms with Crippen LogP contribution in [0.25, 0.3) is 33.3 Å². The van der Waals surface area contributed by atoms with E-state index in [0.29, 0.717) is 43.5 Å². The molecule has 3 aliphatic heterocycles. The van der Waals surface area contributed by atoms with E-state index in [-0.39, 0.29) is 93.3 Å². The van der Waals surface area contributed by atoms with E-state index in [1.807, 2.05) is 32.0 Å². The fourth-order valence-electron chi connectivity index (χ4n) is 9.32. The predicted octanol–water partition coefficient (Wildman–Crippen LogP) is 5.18. The third-order valence-corrected chi connectivity index (χ3v) is 12.5. The molecule has 0 aliphatic carbocycles. The number of fused-ring (bicyclic) bond motifs is 6. The number of likely N-dealkylation sites (tertiary alicyclic amines) is 1. The van der Waals surface area contributed by atoms with Crippen molar-refractivity contribution in [3.8, 4) is 28.1 Å². The average molecular weight is 1110 g/mol. The van der Waals surface area contributed by atoms with Gasteiger partial charge in [-0.1, -0.05) is 52.0 Å². The topological polar surface area (TPSA) is 176 Å². The molecule has 3 aliphatic rings. The van der Waals surface area contributed by atoms with Crippen LogP contribution in [0.4, 0.5) is 0 Å². The van der Waals surface area contributed by atoms with Gasteiger partial charge >= 0.3 is 5.97 Å². The van der Waals surface area contributed by atoms with Crippen molar-refractivity contribution in [2.24, 2.45) is 17.3 Å². The molecule has 2 saturated heterocycles. The van der Waals surface area contributed by atoms with Crippen molar-refractivity contribution in [2.75, 3.05) is 40.4 Å². The molecule has 0 spiro atoms. The largest absolute Gasteiger partial charge is 0.508 e. The standard InChI is InChI=1S/C49H60N7O8.U/c1-9-42(58)54-25-33(26-54)46(60)53(7)43(29(3)4)45(59)51-39-21-30-19-32(22-34(57)20-30)31-15-16-41-36(23-31)37(44(55(41)10-2)35-13-11-17-50-40(35)27-63-8)24-49(5,6)28-64-48(62)38-14-12-18-56(52-38)47(39)61;/h9,11,13,15-17,19-20,22-23,29,33,38,43,52,57H,1,10,12,14,18,21,24-28H2,2-8H3,(H,51,59);/q-1;/t38-,43-;/m0./s1. The molecule has 2 fully saturated rings. The number of methoxy groups -OCH3 is 1. The van der Waals surface area contributed by atoms with E-state index in [1.54, 1.807) is 32.5 Å². The van der Waals surface area contributed by atoms with E-state index in [1.165, 1.54) is 20.9 Å². The Hall–Kier alpha value is -5.14. The van der Waals surface area contributed by atoms with E-state index in [0.717, 1.165) is 39.0 Å². The minimum atomic E-state index is -0.969. The number of esters is 1. The van der Waals surface area contributed by atoms with Crippen LogP contribution >= 0.6 is 0 Å². The Morgan fingerprint density at radius 3 is 2.58 bits per heavy atom. The van der Waals surface area contributed by atoms with E-state index in [2.05, 4.69) is 60.9 Å². The second-order valence-electron chi connectivity index (χ2n) is 18.3. The maximum Gasteiger partial charge on any atom is 0.324 e. The number of likely N-dealkylation sites (N-methyl/N-ethyl adjacent to an activating group) is 1. The number of aromatic hydroxyl groups is 1. The van der Waals surface area contributed by atoms with Crippen molar-refractivity contribution in [3.05, 3.63) is 90.2 Å². The monoisotopic (exact) mass is 1110 g/mol. The molecule has 0 unspecified atom stereocenters. The average Bonchev–Trinajstić information content (AvgIpc) is 3.55. The van der Waals surface area contributed by atoms with Crippen molar-refractivity contribution >= 4 is 40.5 Å². The molecular weight excluding hydrogens is 1050 g/mol. The van der Waals surface area contributed by atoms with Crippen molar-refractivity contribution in [1.82, 2.24) is 35.1 Å². The minimum Gasteiger partial charge on any atom is -0.508 e. The van der Waals surface area contributed by atoms with Gasteiger partial charge in [0.2, 0.25) is 17.7 Å². The predicted molar refractivity (Wildman–Crippen MR) is 242 cm³/mol. The van der Waals surface area contributed by atoms with Crippen LogP contribution in [0.2, 0.25) is 0 Å². The number of hydrazine groups is 1. The van der Waals surface area contributed by atoms with Crippen LogP contribution in [-0.4, -0.2) is 112 Å². The van der Waals surface area contributed by atoms with E-state index < -0.39 is 41.2 Å². The SMILES string of the molecule is C=CC(=O)N1CC(C(=O)N(C)[C@H](C(=O)N[C-]2Cc3cc(O)cc(c3)-c3ccc4c(c3)c(c(-c3cccnc3COC)n4CC)CC(C)(C)COC(=O)[C@@H]3CCCN(N3)C2=O)C(C)C)C1.[U]. The molecule has 344 valence electrons. The molecule has 3 N–H and O–H groups in total. The number of benzene rings is 2. The second kappa shape index (κ2) is 20.6. The first-order chi connectivity index (χ1) is 30.5. The summed E-state index contributed by atoms with van der Waals surface area (Å²) in [5, 5.41) is 16.5. The molecule has 7 rings (SSSR count). The summed E-state index contributed by atoms with van der Waals surface area (Å²) >= 11 is 0. The Labute approximate surface area is 404 Å². The van der Waals surface area contributed by atoms with Crippen LogP contribution in [0.5, 0.6) is 5.75 Å². The molecule has 2 atom stereocenters. The minimum absolute atomic E-state index is 0. The van der Waals surface area contributed by atoms with Crippen molar-refractivity contribution in [2.45, 2.75) is 85.5 Å². The number of nitrogens with zero attached hydrogens (tertiary/aromatic N) is 5. The van der Waals surface area contributed by atoms with Gasteiger partial charge in [-0.3, -0.25) is 24.2 Å². The van der Waals surface area contributed by atoms with Gasteiger partial charge in [-0.15, -0.1) is 6.42 Å². The zero-order chi connectivity index (χ0) is 46.0. The Balaban J connectivity index is 0.00000700. The number of nitrogens with one attached hydrogen (secondary N) is 2. The van der Waals surface area contributed by atoms with E-state index in [9.17, 15) is 29.1 Å². The summed E-state index contributed by atoms with van der Waals surface area (Å²) in [4.78, 5) is 76.2. The fourth-order valence-corrected chi connectivity index (χ4v) is 9.32. The van der Waals surface area contributed by atoms with Gasteiger partial charge in [0.05, 0.1) is 30.5 Å². The van der Waals surface area contributed by atoms with Gasteiger partial charge in [0, 0.05) is 99.5 Å². The van der Waals surface area contributed by atoms with Gasteiger partial charge in [0.1, 0.15) is 23.7 Å². The summed E-state index contributed by atoms with van der Waals surface area (Å²) in [6.45, 7) is 15.2. The zero-order valence-corrected chi connectivity index (χ0v) is 42.6. The van der Waals surface area contributed by atoms with Gasteiger partial charge < -0.3 is 44.1 Å². The van der Waals surface area contributed by atoms with Crippen LogP contribution in [0.3, 0.4) is 0 Å². The number of amides is 4. The number of phenolic OH excluding ortho intramolecular Hbond substituents is 1. The number of aryl methyl sites for hydroxylation is 1. The second-order valence-corrected chi connectivity index (χ2v) is 18.3. The fraction of sp³-hybridized carbons (Fsp3) is 0.449. The summed E-state index contributed by atoms with van der Waals surface area (Å²) < 4.78 is 13.9. The molecule has 4 amide bonds. The Morgan fingerprint density at radius 1 is 1.14 bits per heavy atom. The van der Waals surface area contributed by atoms with Crippen LogP contribution < -0.4 is 10.7 Å². The zero-order valence-electron chi connectivity index (χ0n) is 38.4. The van der Waals surface area contributed by atoms with Crippen molar-refractivity contribution < 1.29 is 69.7 Å². The molecule has 4 aromatic rings. The number of hydrogen-bond donors (Lipinski definition) is 3. The number of phenols is 1. The smallest absolute Gasteiger partial charge is 0.324 e. The number of aromatic nitrogens is 2. The summed E-state index contributed by atoms with van der Waals surface area (Å²) in [5.41, 5.74) is 9.42. The molecular formula is C49H60N7O8U-. The first-order valence-electron chi connectivity index (χ1n) is 22.0. The molecule has 5 heterocycles. The van der Waals surface area contributed by atoms with Crippen LogP contribution in [0, 0.1) is 54.4 Å². The van der Waals surface area contributed by atoms with Gasteiger partial charge in [-0.2, -0.15) is 6.04 Å². The molecule has 65 heavy (non-hydrogen) atoms. The maximum absolute atomic E-state index is 14.6. The first-order valence-corrected chi connectivity index (χ1v) is 22.0. The molecule has 16 heteroatoms. The Bertz CT molecular complexity index is 2460. The van der Waals surface area contributed by atoms with Crippen LogP contribution in [-0.2, 0) is 59.4 Å². The summed E-state index contributed by atoms with van der Waals surface area (Å²) in [5.74, 6) is -3.04. The molecule has 2 aromatic heterocycles. The number of cyclic esters (lactones) is 1. The Kier molecular flexibility index (Phi) is 15.6. The molecule has 2 aromatic carbocycles. The number of hydrogen-bond acceptors (Lipinski definition) is 10. The number of pyridine rings is 1. The maximum atomic E-state index is 14.6. The number of carbonyl (C=O) groups excluding carboxylic acids is 5. The molecule has 0 radical (unpaired) electrons. The molecule has 15 nitrogen and oxygen atoms in total. The van der Waals surface area contributed by atoms with Crippen LogP contribution in [0.15, 0.2) is 67.4 Å². The summed E-state index contributed by atoms with van der Waals surface area (Å²) in [7, 11) is 3.21. The molecule has 0 saturated carbocycles. The summed E-state index contributed by atoms with van der Waals surface area (Å²) in [6, 6.07) is 13.5. The van der Waals surface area contributed by atoms with Crippen LogP contribution in [0.1, 0.15) is 64.3 Å². The number of ether oxygens (including phenoxy) is 2. The first kappa shape index (κ1) is 49.3. The van der Waals surface area contributed by atoms with Gasteiger partial charge in [0.25, 0.3) is 0 Å². The third kappa shape index (κ3) is 10.5. The quantitative estimate of drug-likeness (QED) is 0.109. The van der Waals surface area contributed by atoms with Crippen molar-refractivity contribution in [3.63, 3.8) is 0 Å². The third-order valence-electron chi connectivity index (χ3n) is 12.5. The van der Waals surface area contributed by atoms with E-state index in [4.69, 9.17) is 14.5 Å². The normalized spacial score (nSPS) is 18.3. The molecule has 6 bridgehead atoms. The van der Waals surface area contributed by atoms with Crippen molar-refractivity contribution in [1.29, 1.82) is 0 Å². The number of rotatable bonds is 10. The van der Waals surface area contributed by atoms with Gasteiger partial charge in [-0.05, 0) is 91.3 Å². The number of carbonyl (C=O) groups is 5. The summed E-state index contributed by atoms with van der Waals surface area (Å²) in [6.07, 6.45) is 4.34. The van der Waals surface area contributed by atoms with E-state index >= 15 is 0 Å². The Morgan fingerprint density at radius 2 is 1.89 bits per heavy atom. The van der Waals surface area contributed by atoms with Gasteiger partial charge in [-0.25, -0.2) is 5.43 Å².